The highest BCUT2D eigenvalue weighted by atomic mass is 19.2. The molecule has 2 aromatic heterocycles. The van der Waals surface area contributed by atoms with Crippen molar-refractivity contribution in [1.29, 1.82) is 0 Å². The van der Waals surface area contributed by atoms with Gasteiger partial charge < -0.3 is 4.98 Å². The molecule has 62 valence electrons. The molecule has 0 saturated heterocycles. The number of hydrogen-bond acceptors (Lipinski definition) is 1. The minimum atomic E-state index is -1.54. The molecular formula is C7H3F3N2. The Balaban J connectivity index is 2.94. The molecule has 5 heteroatoms. The second-order valence-electron chi connectivity index (χ2n) is 2.27. The molecular weight excluding hydrogens is 169 g/mol. The summed E-state index contributed by atoms with van der Waals surface area (Å²) in [5, 5.41) is -0.0473. The summed E-state index contributed by atoms with van der Waals surface area (Å²) >= 11 is 0. The van der Waals surface area contributed by atoms with Crippen molar-refractivity contribution in [3.8, 4) is 0 Å². The van der Waals surface area contributed by atoms with E-state index in [1.165, 1.54) is 12.3 Å². The van der Waals surface area contributed by atoms with Crippen molar-refractivity contribution >= 4 is 11.0 Å². The van der Waals surface area contributed by atoms with E-state index >= 15 is 0 Å². The molecule has 0 fully saturated rings. The normalized spacial score (nSPS) is 10.9. The number of hydrogen-bond donors (Lipinski definition) is 1. The lowest BCUT2D eigenvalue weighted by Crippen LogP contribution is -1.95. The van der Waals surface area contributed by atoms with Gasteiger partial charge in [0.15, 0.2) is 5.82 Å². The molecule has 1 N–H and O–H groups in total. The molecule has 0 aromatic carbocycles. The molecule has 0 radical (unpaired) electrons. The number of aromatic nitrogens is 2. The van der Waals surface area contributed by atoms with Gasteiger partial charge in [-0.2, -0.15) is 13.8 Å². The topological polar surface area (TPSA) is 28.7 Å². The first kappa shape index (κ1) is 7.15. The van der Waals surface area contributed by atoms with Gasteiger partial charge in [-0.15, -0.1) is 0 Å². The third-order valence-corrected chi connectivity index (χ3v) is 1.55. The highest BCUT2D eigenvalue weighted by Crippen LogP contribution is 2.18. The van der Waals surface area contributed by atoms with E-state index < -0.39 is 17.6 Å². The minimum absolute atomic E-state index is 0.00593. The molecule has 0 bridgehead atoms. The lowest BCUT2D eigenvalue weighted by atomic mass is 10.3. The summed E-state index contributed by atoms with van der Waals surface area (Å²) in [6.07, 6.45) is 1.36. The number of nitrogens with one attached hydrogen (secondary N) is 1. The van der Waals surface area contributed by atoms with Gasteiger partial charge in [0.2, 0.25) is 5.82 Å². The van der Waals surface area contributed by atoms with E-state index in [9.17, 15) is 13.2 Å². The van der Waals surface area contributed by atoms with Gasteiger partial charge in [-0.25, -0.2) is 4.39 Å². The van der Waals surface area contributed by atoms with Gasteiger partial charge in [0.05, 0.1) is 5.39 Å². The Bertz CT molecular complexity index is 435. The van der Waals surface area contributed by atoms with Crippen LogP contribution in [0.3, 0.4) is 0 Å². The number of aromatic amines is 1. The van der Waals surface area contributed by atoms with Crippen LogP contribution in [0.25, 0.3) is 11.0 Å². The van der Waals surface area contributed by atoms with Gasteiger partial charge in [-0.3, -0.25) is 0 Å². The molecule has 2 heterocycles. The number of fused-ring (bicyclic) bond motifs is 1. The van der Waals surface area contributed by atoms with Gasteiger partial charge in [0.25, 0.3) is 5.95 Å². The van der Waals surface area contributed by atoms with E-state index in [1.54, 1.807) is 0 Å². The molecule has 2 rings (SSSR count). The van der Waals surface area contributed by atoms with E-state index in [-0.39, 0.29) is 11.0 Å². The van der Waals surface area contributed by atoms with Gasteiger partial charge in [-0.1, -0.05) is 0 Å². The van der Waals surface area contributed by atoms with Crippen molar-refractivity contribution in [2.75, 3.05) is 0 Å². The first-order valence-corrected chi connectivity index (χ1v) is 3.17. The second-order valence-corrected chi connectivity index (χ2v) is 2.27. The average molecular weight is 172 g/mol. The first-order chi connectivity index (χ1) is 5.70. The summed E-state index contributed by atoms with van der Waals surface area (Å²) in [6.45, 7) is 0. The lowest BCUT2D eigenvalue weighted by molar-refractivity contribution is 0.434. The first-order valence-electron chi connectivity index (χ1n) is 3.17. The molecule has 0 saturated carbocycles. The largest absolute Gasteiger partial charge is 0.346 e. The predicted molar refractivity (Wildman–Crippen MR) is 36.0 cm³/mol. The van der Waals surface area contributed by atoms with E-state index in [1.807, 2.05) is 0 Å². The monoisotopic (exact) mass is 172 g/mol. The number of nitrogens with zero attached hydrogens (tertiary/aromatic N) is 1. The Morgan fingerprint density at radius 2 is 1.92 bits per heavy atom. The van der Waals surface area contributed by atoms with E-state index in [0.29, 0.717) is 0 Å². The highest BCUT2D eigenvalue weighted by Gasteiger charge is 2.14. The van der Waals surface area contributed by atoms with E-state index in [2.05, 4.69) is 9.97 Å². The minimum Gasteiger partial charge on any atom is -0.346 e. The van der Waals surface area contributed by atoms with Crippen LogP contribution in [0.1, 0.15) is 0 Å². The molecule has 0 aliphatic rings. The summed E-state index contributed by atoms with van der Waals surface area (Å²) in [5.74, 6) is -4.18. The van der Waals surface area contributed by atoms with Crippen LogP contribution in [0.5, 0.6) is 0 Å². The maximum atomic E-state index is 12.8. The van der Waals surface area contributed by atoms with Crippen LogP contribution < -0.4 is 0 Å². The van der Waals surface area contributed by atoms with Crippen LogP contribution in [0.4, 0.5) is 13.2 Å². The van der Waals surface area contributed by atoms with Crippen molar-refractivity contribution in [3.63, 3.8) is 0 Å². The number of halogens is 3. The molecule has 2 nitrogen and oxygen atoms in total. The zero-order valence-corrected chi connectivity index (χ0v) is 5.74. The molecule has 0 aliphatic carbocycles. The SMILES string of the molecule is Fc1nc2[nH]ccc2c(F)c1F. The van der Waals surface area contributed by atoms with Crippen LogP contribution >= 0.6 is 0 Å². The van der Waals surface area contributed by atoms with Crippen LogP contribution in [-0.4, -0.2) is 9.97 Å². The maximum Gasteiger partial charge on any atom is 0.254 e. The van der Waals surface area contributed by atoms with Gasteiger partial charge in [0, 0.05) is 6.20 Å². The second kappa shape index (κ2) is 2.23. The van der Waals surface area contributed by atoms with Crippen LogP contribution in [-0.2, 0) is 0 Å². The summed E-state index contributed by atoms with van der Waals surface area (Å²) in [6, 6.07) is 1.29. The molecule has 0 amide bonds. The summed E-state index contributed by atoms with van der Waals surface area (Å²) in [5.41, 5.74) is 0.00593. The molecule has 0 spiro atoms. The summed E-state index contributed by atoms with van der Waals surface area (Å²) in [7, 11) is 0. The number of pyridine rings is 1. The predicted octanol–water partition coefficient (Wildman–Crippen LogP) is 1.98. The van der Waals surface area contributed by atoms with Gasteiger partial charge in [0.1, 0.15) is 5.65 Å². The quantitative estimate of drug-likeness (QED) is 0.604. The zero-order chi connectivity index (χ0) is 8.72. The Kier molecular flexibility index (Phi) is 1.33. The van der Waals surface area contributed by atoms with Crippen molar-refractivity contribution in [1.82, 2.24) is 9.97 Å². The highest BCUT2D eigenvalue weighted by molar-refractivity contribution is 5.75. The Hall–Kier alpha value is -1.52. The van der Waals surface area contributed by atoms with Crippen molar-refractivity contribution in [3.05, 3.63) is 29.8 Å². The smallest absolute Gasteiger partial charge is 0.254 e. The molecule has 12 heavy (non-hydrogen) atoms. The third-order valence-electron chi connectivity index (χ3n) is 1.55. The standard InChI is InChI=1S/C7H3F3N2/c8-4-3-1-2-11-7(3)12-6(10)5(4)9/h1-2H,(H,11,12). The maximum absolute atomic E-state index is 12.8. The fourth-order valence-electron chi connectivity index (χ4n) is 0.986. The molecule has 0 atom stereocenters. The number of H-pyrrole nitrogens is 1. The fraction of sp³-hybridized carbons (Fsp3) is 0. The van der Waals surface area contributed by atoms with E-state index in [4.69, 9.17) is 0 Å². The lowest BCUT2D eigenvalue weighted by Gasteiger charge is -1.94. The van der Waals surface area contributed by atoms with Gasteiger partial charge in [-0.05, 0) is 6.07 Å². The summed E-state index contributed by atoms with van der Waals surface area (Å²) in [4.78, 5) is 5.63. The van der Waals surface area contributed by atoms with Crippen LogP contribution in [0.15, 0.2) is 12.3 Å². The Morgan fingerprint density at radius 1 is 1.17 bits per heavy atom. The summed E-state index contributed by atoms with van der Waals surface area (Å²) < 4.78 is 37.8. The van der Waals surface area contributed by atoms with Crippen molar-refractivity contribution in [2.24, 2.45) is 0 Å². The zero-order valence-electron chi connectivity index (χ0n) is 5.74. The molecule has 2 aromatic rings. The van der Waals surface area contributed by atoms with Crippen molar-refractivity contribution in [2.45, 2.75) is 0 Å². The Labute approximate surface area is 65.0 Å². The molecule has 0 aliphatic heterocycles. The molecule has 0 unspecified atom stereocenters. The number of rotatable bonds is 0. The van der Waals surface area contributed by atoms with Crippen LogP contribution in [0.2, 0.25) is 0 Å². The van der Waals surface area contributed by atoms with E-state index in [0.717, 1.165) is 0 Å². The average Bonchev–Trinajstić information content (AvgIpc) is 2.48. The van der Waals surface area contributed by atoms with Gasteiger partial charge >= 0.3 is 0 Å². The fourth-order valence-corrected chi connectivity index (χ4v) is 0.986. The van der Waals surface area contributed by atoms with Crippen LogP contribution in [0, 0.1) is 17.6 Å². The van der Waals surface area contributed by atoms with Crippen molar-refractivity contribution < 1.29 is 13.2 Å². The third kappa shape index (κ3) is 0.792. The Morgan fingerprint density at radius 3 is 2.67 bits per heavy atom.